The molecule has 3 heteroatoms. The van der Waals surface area contributed by atoms with Crippen LogP contribution < -0.4 is 4.74 Å². The lowest BCUT2D eigenvalue weighted by Crippen LogP contribution is -2.44. The summed E-state index contributed by atoms with van der Waals surface area (Å²) in [5, 5.41) is 0. The summed E-state index contributed by atoms with van der Waals surface area (Å²) in [5.74, 6) is 1.02. The van der Waals surface area contributed by atoms with Gasteiger partial charge in [0.1, 0.15) is 5.75 Å². The van der Waals surface area contributed by atoms with Crippen LogP contribution in [0.5, 0.6) is 5.75 Å². The van der Waals surface area contributed by atoms with Crippen molar-refractivity contribution in [3.8, 4) is 5.75 Å². The molecule has 1 aliphatic heterocycles. The second kappa shape index (κ2) is 11.5. The highest BCUT2D eigenvalue weighted by Gasteiger charge is 2.12. The van der Waals surface area contributed by atoms with Gasteiger partial charge in [0.05, 0.1) is 6.61 Å². The fourth-order valence-electron chi connectivity index (χ4n) is 3.23. The van der Waals surface area contributed by atoms with E-state index in [4.69, 9.17) is 4.74 Å². The van der Waals surface area contributed by atoms with E-state index in [1.165, 1.54) is 83.2 Å². The van der Waals surface area contributed by atoms with E-state index in [9.17, 15) is 0 Å². The van der Waals surface area contributed by atoms with E-state index in [2.05, 4.69) is 48.0 Å². The average Bonchev–Trinajstić information content (AvgIpc) is 2.61. The van der Waals surface area contributed by atoms with E-state index in [1.807, 2.05) is 0 Å². The molecule has 1 heterocycles. The molecule has 0 radical (unpaired) electrons. The summed E-state index contributed by atoms with van der Waals surface area (Å²) in [5.41, 5.74) is 1.43. The molecule has 0 atom stereocenters. The molecule has 0 bridgehead atoms. The Morgan fingerprint density at radius 3 is 2.29 bits per heavy atom. The van der Waals surface area contributed by atoms with Crippen molar-refractivity contribution in [2.45, 2.75) is 51.9 Å². The summed E-state index contributed by atoms with van der Waals surface area (Å²) in [6.07, 6.45) is 8.88. The molecule has 0 saturated carbocycles. The first kappa shape index (κ1) is 19.3. The molecule has 1 fully saturated rings. The molecule has 136 valence electrons. The lowest BCUT2D eigenvalue weighted by molar-refractivity contribution is 0.153. The largest absolute Gasteiger partial charge is 0.494 e. The Balaban J connectivity index is 1.56. The molecule has 1 aliphatic rings. The minimum atomic E-state index is 0.854. The molecule has 1 aromatic carbocycles. The average molecular weight is 333 g/mol. The maximum atomic E-state index is 5.84. The van der Waals surface area contributed by atoms with Crippen LogP contribution in [0.15, 0.2) is 24.3 Å². The summed E-state index contributed by atoms with van der Waals surface area (Å²) in [6.45, 7) is 9.21. The van der Waals surface area contributed by atoms with Crippen LogP contribution in [0.3, 0.4) is 0 Å². The fourth-order valence-corrected chi connectivity index (χ4v) is 3.23. The molecule has 0 spiro atoms. The Morgan fingerprint density at radius 1 is 0.875 bits per heavy atom. The maximum Gasteiger partial charge on any atom is 0.119 e. The van der Waals surface area contributed by atoms with Crippen molar-refractivity contribution in [1.29, 1.82) is 0 Å². The standard InChI is InChI=1S/C21H36N2O/c1-3-4-5-6-7-19-24-21-12-10-20(11-13-21)9-8-14-23-17-15-22(2)16-18-23/h10-13H,3-9,14-19H2,1-2H3. The number of hydrogen-bond donors (Lipinski definition) is 0. The smallest absolute Gasteiger partial charge is 0.119 e. The van der Waals surface area contributed by atoms with Gasteiger partial charge in [0.2, 0.25) is 0 Å². The molecule has 1 aromatic rings. The minimum Gasteiger partial charge on any atom is -0.494 e. The Labute approximate surface area is 149 Å². The van der Waals surface area contributed by atoms with Gasteiger partial charge in [0, 0.05) is 26.2 Å². The second-order valence-electron chi connectivity index (χ2n) is 7.16. The number of likely N-dealkylation sites (N-methyl/N-ethyl adjacent to an activating group) is 1. The molecule has 2 rings (SSSR count). The van der Waals surface area contributed by atoms with Crippen molar-refractivity contribution < 1.29 is 4.74 Å². The Morgan fingerprint density at radius 2 is 1.58 bits per heavy atom. The molecule has 1 saturated heterocycles. The first-order valence-corrected chi connectivity index (χ1v) is 9.90. The number of nitrogens with zero attached hydrogens (tertiary/aromatic N) is 2. The van der Waals surface area contributed by atoms with Crippen molar-refractivity contribution in [2.75, 3.05) is 46.4 Å². The summed E-state index contributed by atoms with van der Waals surface area (Å²) < 4.78 is 5.84. The van der Waals surface area contributed by atoms with E-state index in [-0.39, 0.29) is 0 Å². The van der Waals surface area contributed by atoms with Crippen LogP contribution in [0.25, 0.3) is 0 Å². The predicted molar refractivity (Wildman–Crippen MR) is 103 cm³/mol. The quantitative estimate of drug-likeness (QED) is 0.564. The highest BCUT2D eigenvalue weighted by atomic mass is 16.5. The monoisotopic (exact) mass is 332 g/mol. The fraction of sp³-hybridized carbons (Fsp3) is 0.714. The maximum absolute atomic E-state index is 5.84. The molecule has 3 nitrogen and oxygen atoms in total. The first-order chi connectivity index (χ1) is 11.8. The van der Waals surface area contributed by atoms with Gasteiger partial charge in [-0.15, -0.1) is 0 Å². The molecular weight excluding hydrogens is 296 g/mol. The van der Waals surface area contributed by atoms with Crippen molar-refractivity contribution in [2.24, 2.45) is 0 Å². The summed E-state index contributed by atoms with van der Waals surface area (Å²) >= 11 is 0. The van der Waals surface area contributed by atoms with Gasteiger partial charge >= 0.3 is 0 Å². The lowest BCUT2D eigenvalue weighted by Gasteiger charge is -2.32. The summed E-state index contributed by atoms with van der Waals surface area (Å²) in [4.78, 5) is 5.01. The van der Waals surface area contributed by atoms with Gasteiger partial charge in [0.25, 0.3) is 0 Å². The Bertz CT molecular complexity index is 424. The zero-order valence-corrected chi connectivity index (χ0v) is 15.8. The molecule has 24 heavy (non-hydrogen) atoms. The zero-order valence-electron chi connectivity index (χ0n) is 15.8. The number of rotatable bonds is 11. The molecule has 0 N–H and O–H groups in total. The van der Waals surface area contributed by atoms with Crippen molar-refractivity contribution in [1.82, 2.24) is 9.80 Å². The van der Waals surface area contributed by atoms with Gasteiger partial charge in [-0.2, -0.15) is 0 Å². The van der Waals surface area contributed by atoms with Gasteiger partial charge < -0.3 is 14.5 Å². The molecule has 0 aliphatic carbocycles. The molecule has 0 unspecified atom stereocenters. The van der Waals surface area contributed by atoms with Gasteiger partial charge in [-0.05, 0) is 50.6 Å². The minimum absolute atomic E-state index is 0.854. The lowest BCUT2D eigenvalue weighted by atomic mass is 10.1. The van der Waals surface area contributed by atoms with Crippen LogP contribution in [0.2, 0.25) is 0 Å². The SMILES string of the molecule is CCCCCCCOc1ccc(CCCN2CCN(C)CC2)cc1. The second-order valence-corrected chi connectivity index (χ2v) is 7.16. The summed E-state index contributed by atoms with van der Waals surface area (Å²) in [6, 6.07) is 8.74. The van der Waals surface area contributed by atoms with Crippen LogP contribution in [0.4, 0.5) is 0 Å². The van der Waals surface area contributed by atoms with Crippen LogP contribution in [-0.2, 0) is 6.42 Å². The third kappa shape index (κ3) is 7.67. The highest BCUT2D eigenvalue weighted by Crippen LogP contribution is 2.15. The highest BCUT2D eigenvalue weighted by molar-refractivity contribution is 5.27. The predicted octanol–water partition coefficient (Wildman–Crippen LogP) is 4.22. The number of hydrogen-bond acceptors (Lipinski definition) is 3. The third-order valence-corrected chi connectivity index (χ3v) is 4.98. The van der Waals surface area contributed by atoms with Gasteiger partial charge in [-0.25, -0.2) is 0 Å². The van der Waals surface area contributed by atoms with Crippen LogP contribution >= 0.6 is 0 Å². The third-order valence-electron chi connectivity index (χ3n) is 4.98. The first-order valence-electron chi connectivity index (χ1n) is 9.90. The molecular formula is C21H36N2O. The summed E-state index contributed by atoms with van der Waals surface area (Å²) in [7, 11) is 2.21. The zero-order chi connectivity index (χ0) is 17.0. The molecule has 0 aromatic heterocycles. The Kier molecular flexibility index (Phi) is 9.22. The van der Waals surface area contributed by atoms with Gasteiger partial charge in [-0.1, -0.05) is 44.7 Å². The number of piperazine rings is 1. The van der Waals surface area contributed by atoms with Gasteiger partial charge in [-0.3, -0.25) is 0 Å². The van der Waals surface area contributed by atoms with Crippen molar-refractivity contribution in [3.05, 3.63) is 29.8 Å². The van der Waals surface area contributed by atoms with Crippen LogP contribution in [0.1, 0.15) is 51.0 Å². The number of aryl methyl sites for hydroxylation is 1. The van der Waals surface area contributed by atoms with E-state index in [1.54, 1.807) is 0 Å². The van der Waals surface area contributed by atoms with Gasteiger partial charge in [0.15, 0.2) is 0 Å². The number of benzene rings is 1. The Hall–Kier alpha value is -1.06. The van der Waals surface area contributed by atoms with Crippen LogP contribution in [-0.4, -0.2) is 56.2 Å². The van der Waals surface area contributed by atoms with E-state index in [0.717, 1.165) is 12.4 Å². The number of ether oxygens (including phenoxy) is 1. The van der Waals surface area contributed by atoms with Crippen molar-refractivity contribution in [3.63, 3.8) is 0 Å². The van der Waals surface area contributed by atoms with E-state index >= 15 is 0 Å². The molecule has 0 amide bonds. The van der Waals surface area contributed by atoms with Crippen LogP contribution in [0, 0.1) is 0 Å². The van der Waals surface area contributed by atoms with Crippen molar-refractivity contribution >= 4 is 0 Å². The van der Waals surface area contributed by atoms with E-state index < -0.39 is 0 Å². The normalized spacial score (nSPS) is 16.4. The van der Waals surface area contributed by atoms with E-state index in [0.29, 0.717) is 0 Å². The topological polar surface area (TPSA) is 15.7 Å². The number of unbranched alkanes of at least 4 members (excludes halogenated alkanes) is 4.